The molecule has 1 fully saturated rings. The Bertz CT molecular complexity index is 669. The molecule has 4 unspecified atom stereocenters. The number of para-hydroxylation sites is 1. The molecule has 1 aliphatic carbocycles. The largest absolute Gasteiger partial charge is 0.496 e. The van der Waals surface area contributed by atoms with Crippen LogP contribution < -0.4 is 15.4 Å². The maximum Gasteiger partial charge on any atom is 0.191 e. The van der Waals surface area contributed by atoms with E-state index in [4.69, 9.17) is 9.73 Å². The molecule has 4 atom stereocenters. The summed E-state index contributed by atoms with van der Waals surface area (Å²) in [6.45, 7) is 7.95. The van der Waals surface area contributed by atoms with Gasteiger partial charge in [0.1, 0.15) is 5.75 Å². The molecule has 0 amide bonds. The first-order valence-electron chi connectivity index (χ1n) is 10.7. The lowest BCUT2D eigenvalue weighted by atomic mass is 9.95. The lowest BCUT2D eigenvalue weighted by molar-refractivity contribution is 0.405. The van der Waals surface area contributed by atoms with Gasteiger partial charge in [0.15, 0.2) is 5.96 Å². The van der Waals surface area contributed by atoms with E-state index >= 15 is 0 Å². The van der Waals surface area contributed by atoms with E-state index in [0.717, 1.165) is 62.0 Å². The van der Waals surface area contributed by atoms with E-state index in [2.05, 4.69) is 30.5 Å². The average molecular weight is 440 g/mol. The highest BCUT2D eigenvalue weighted by molar-refractivity contribution is 7.99. The van der Waals surface area contributed by atoms with E-state index < -0.39 is 10.8 Å². The highest BCUT2D eigenvalue weighted by Crippen LogP contribution is 2.30. The van der Waals surface area contributed by atoms with E-state index in [0.29, 0.717) is 17.2 Å². The molecule has 0 spiro atoms. The van der Waals surface area contributed by atoms with Crippen LogP contribution in [0.4, 0.5) is 0 Å². The van der Waals surface area contributed by atoms with Crippen LogP contribution >= 0.6 is 11.8 Å². The Kier molecular flexibility index (Phi) is 10.9. The van der Waals surface area contributed by atoms with Gasteiger partial charge in [0.05, 0.1) is 7.11 Å². The third-order valence-corrected chi connectivity index (χ3v) is 8.25. The first kappa shape index (κ1) is 24.1. The summed E-state index contributed by atoms with van der Waals surface area (Å²) < 4.78 is 17.6. The Morgan fingerprint density at radius 2 is 2.14 bits per heavy atom. The number of benzene rings is 1. The fraction of sp³-hybridized carbons (Fsp3) is 0.682. The van der Waals surface area contributed by atoms with E-state index in [1.54, 1.807) is 7.11 Å². The van der Waals surface area contributed by atoms with E-state index in [-0.39, 0.29) is 0 Å². The monoisotopic (exact) mass is 439 g/mol. The van der Waals surface area contributed by atoms with Crippen molar-refractivity contribution in [3.8, 4) is 5.75 Å². The quantitative estimate of drug-likeness (QED) is 0.327. The molecular formula is C22H37N3O2S2. The van der Waals surface area contributed by atoms with Gasteiger partial charge in [0.25, 0.3) is 0 Å². The van der Waals surface area contributed by atoms with Crippen molar-refractivity contribution in [1.82, 2.24) is 10.6 Å². The zero-order valence-electron chi connectivity index (χ0n) is 18.3. The highest BCUT2D eigenvalue weighted by Gasteiger charge is 2.26. The van der Waals surface area contributed by atoms with Crippen LogP contribution in [0.15, 0.2) is 34.2 Å². The van der Waals surface area contributed by atoms with Crippen LogP contribution in [0.2, 0.25) is 0 Å². The summed E-state index contributed by atoms with van der Waals surface area (Å²) in [5.74, 6) is 4.01. The van der Waals surface area contributed by atoms with Gasteiger partial charge in [-0.1, -0.05) is 32.4 Å². The summed E-state index contributed by atoms with van der Waals surface area (Å²) in [4.78, 5) is 6.00. The summed E-state index contributed by atoms with van der Waals surface area (Å²) in [6.07, 6.45) is 4.33. The average Bonchev–Trinajstić information content (AvgIpc) is 2.76. The Hall–Kier alpha value is -1.21. The van der Waals surface area contributed by atoms with Gasteiger partial charge in [-0.2, -0.15) is 0 Å². The van der Waals surface area contributed by atoms with Crippen LogP contribution in [0.3, 0.4) is 0 Å². The minimum Gasteiger partial charge on any atom is -0.496 e. The van der Waals surface area contributed by atoms with Crippen molar-refractivity contribution >= 4 is 28.5 Å². The fourth-order valence-corrected chi connectivity index (χ4v) is 5.92. The van der Waals surface area contributed by atoms with E-state index in [1.165, 1.54) is 4.90 Å². The number of aliphatic imine (C=N–C) groups is 1. The molecule has 164 valence electrons. The third kappa shape index (κ3) is 8.21. The SMILES string of the molecule is CCNC(=NCC(C)CSc1ccccc1OC)NC1CCCC(S(=O)CC)C1. The lowest BCUT2D eigenvalue weighted by Crippen LogP contribution is -2.46. The Labute approximate surface area is 183 Å². The van der Waals surface area contributed by atoms with Gasteiger partial charge in [-0.3, -0.25) is 9.20 Å². The molecule has 0 aliphatic heterocycles. The summed E-state index contributed by atoms with van der Waals surface area (Å²) >= 11 is 1.82. The number of hydrogen-bond donors (Lipinski definition) is 2. The molecule has 0 saturated heterocycles. The van der Waals surface area contributed by atoms with Gasteiger partial charge in [-0.25, -0.2) is 0 Å². The number of nitrogens with one attached hydrogen (secondary N) is 2. The summed E-state index contributed by atoms with van der Waals surface area (Å²) in [5, 5.41) is 7.29. The zero-order valence-corrected chi connectivity index (χ0v) is 19.9. The molecule has 0 aromatic heterocycles. The second-order valence-electron chi connectivity index (χ2n) is 7.59. The van der Waals surface area contributed by atoms with Crippen LogP contribution in [-0.2, 0) is 10.8 Å². The summed E-state index contributed by atoms with van der Waals surface area (Å²) in [7, 11) is 1.01. The molecular weight excluding hydrogens is 402 g/mol. The summed E-state index contributed by atoms with van der Waals surface area (Å²) in [5.41, 5.74) is 0. The van der Waals surface area contributed by atoms with Crippen molar-refractivity contribution < 1.29 is 8.95 Å². The number of hydrogen-bond acceptors (Lipinski definition) is 4. The Balaban J connectivity index is 1.86. The number of nitrogens with zero attached hydrogens (tertiary/aromatic N) is 1. The van der Waals surface area contributed by atoms with Gasteiger partial charge < -0.3 is 15.4 Å². The van der Waals surface area contributed by atoms with Crippen LogP contribution in [0, 0.1) is 5.92 Å². The van der Waals surface area contributed by atoms with Crippen LogP contribution in [0.1, 0.15) is 46.5 Å². The number of methoxy groups -OCH3 is 1. The molecule has 5 nitrogen and oxygen atoms in total. The molecule has 0 bridgehead atoms. The smallest absolute Gasteiger partial charge is 0.191 e. The molecule has 2 rings (SSSR count). The number of ether oxygens (including phenoxy) is 1. The molecule has 1 aliphatic rings. The standard InChI is InChI=1S/C22H37N3O2S2/c1-5-23-22(25-18-10-9-11-19(14-18)29(26)6-2)24-15-17(3)16-28-21-13-8-7-12-20(21)27-4/h7-8,12-13,17-19H,5-6,9-11,14-16H2,1-4H3,(H2,23,24,25). The lowest BCUT2D eigenvalue weighted by Gasteiger charge is -2.30. The van der Waals surface area contributed by atoms with Crippen molar-refractivity contribution in [2.75, 3.05) is 31.7 Å². The first-order valence-corrected chi connectivity index (χ1v) is 13.1. The first-order chi connectivity index (χ1) is 14.1. The Morgan fingerprint density at radius 3 is 2.86 bits per heavy atom. The number of guanidine groups is 1. The van der Waals surface area contributed by atoms with Gasteiger partial charge in [-0.05, 0) is 44.2 Å². The van der Waals surface area contributed by atoms with E-state index in [1.807, 2.05) is 36.9 Å². The maximum atomic E-state index is 12.2. The molecule has 0 radical (unpaired) electrons. The van der Waals surface area contributed by atoms with Crippen LogP contribution in [0.5, 0.6) is 5.75 Å². The van der Waals surface area contributed by atoms with Crippen molar-refractivity contribution in [3.63, 3.8) is 0 Å². The van der Waals surface area contributed by atoms with Crippen molar-refractivity contribution in [2.45, 2.75) is 62.6 Å². The number of rotatable bonds is 10. The molecule has 1 saturated carbocycles. The second kappa shape index (κ2) is 13.2. The normalized spacial score (nSPS) is 22.0. The molecule has 1 aromatic rings. The predicted octanol–water partition coefficient (Wildman–Crippen LogP) is 4.06. The summed E-state index contributed by atoms with van der Waals surface area (Å²) in [6, 6.07) is 8.51. The molecule has 1 aromatic carbocycles. The van der Waals surface area contributed by atoms with Gasteiger partial charge >= 0.3 is 0 Å². The van der Waals surface area contributed by atoms with Gasteiger partial charge in [-0.15, -0.1) is 11.8 Å². The Morgan fingerprint density at radius 1 is 1.34 bits per heavy atom. The molecule has 7 heteroatoms. The third-order valence-electron chi connectivity index (χ3n) is 5.12. The molecule has 2 N–H and O–H groups in total. The topological polar surface area (TPSA) is 62.7 Å². The molecule has 29 heavy (non-hydrogen) atoms. The number of thioether (sulfide) groups is 1. The van der Waals surface area contributed by atoms with E-state index in [9.17, 15) is 4.21 Å². The second-order valence-corrected chi connectivity index (χ2v) is 10.7. The van der Waals surface area contributed by atoms with Crippen molar-refractivity contribution in [3.05, 3.63) is 24.3 Å². The minimum atomic E-state index is -0.701. The van der Waals surface area contributed by atoms with Crippen molar-refractivity contribution in [2.24, 2.45) is 10.9 Å². The van der Waals surface area contributed by atoms with Crippen LogP contribution in [0.25, 0.3) is 0 Å². The van der Waals surface area contributed by atoms with Gasteiger partial charge in [0.2, 0.25) is 0 Å². The van der Waals surface area contributed by atoms with Crippen LogP contribution in [-0.4, -0.2) is 53.2 Å². The zero-order chi connectivity index (χ0) is 21.1. The molecule has 0 heterocycles. The van der Waals surface area contributed by atoms with Crippen molar-refractivity contribution in [1.29, 1.82) is 0 Å². The maximum absolute atomic E-state index is 12.2. The fourth-order valence-electron chi connectivity index (χ4n) is 3.53. The minimum absolute atomic E-state index is 0.324. The highest BCUT2D eigenvalue weighted by atomic mass is 32.2. The van der Waals surface area contributed by atoms with Gasteiger partial charge in [0, 0.05) is 51.6 Å². The predicted molar refractivity (Wildman–Crippen MR) is 127 cm³/mol.